The second kappa shape index (κ2) is 10.7. The van der Waals surface area contributed by atoms with Gasteiger partial charge in [-0.3, -0.25) is 14.5 Å². The zero-order chi connectivity index (χ0) is 25.9. The highest BCUT2D eigenvalue weighted by molar-refractivity contribution is 8.01. The molecule has 13 heteroatoms. The van der Waals surface area contributed by atoms with Crippen LogP contribution in [-0.4, -0.2) is 71.0 Å². The number of tetrazole rings is 1. The lowest BCUT2D eigenvalue weighted by Crippen LogP contribution is -2.68. The average Bonchev–Trinajstić information content (AvgIpc) is 3.36. The van der Waals surface area contributed by atoms with E-state index < -0.39 is 30.0 Å². The van der Waals surface area contributed by atoms with Crippen LogP contribution in [0.15, 0.2) is 77.1 Å². The zero-order valence-corrected chi connectivity index (χ0v) is 21.0. The van der Waals surface area contributed by atoms with Gasteiger partial charge in [0.2, 0.25) is 11.1 Å². The molecular formula is C24H22N6O5S2. The average molecular weight is 539 g/mol. The van der Waals surface area contributed by atoms with E-state index in [2.05, 4.69) is 15.5 Å². The summed E-state index contributed by atoms with van der Waals surface area (Å²) < 4.78 is 7.15. The predicted octanol–water partition coefficient (Wildman–Crippen LogP) is 1.68. The van der Waals surface area contributed by atoms with E-state index in [1.165, 1.54) is 33.1 Å². The Balaban J connectivity index is 1.28. The van der Waals surface area contributed by atoms with Gasteiger partial charge in [-0.2, -0.15) is 0 Å². The SMILES string of the molecule is NC1C(=O)N2C(C(=O)O)=C(CSc3nnnn3CC(=O)OC(c3ccccc3)c3ccccc3)CS[C@@H]12. The lowest BCUT2D eigenvalue weighted by Gasteiger charge is -2.48. The first-order valence-corrected chi connectivity index (χ1v) is 13.3. The van der Waals surface area contributed by atoms with Crippen LogP contribution in [0, 0.1) is 0 Å². The number of aromatic nitrogens is 4. The van der Waals surface area contributed by atoms with Crippen LogP contribution in [0.4, 0.5) is 0 Å². The molecule has 2 atom stereocenters. The highest BCUT2D eigenvalue weighted by atomic mass is 32.2. The molecule has 1 fully saturated rings. The molecule has 0 spiro atoms. The number of rotatable bonds is 9. The van der Waals surface area contributed by atoms with Gasteiger partial charge in [-0.15, -0.1) is 16.9 Å². The van der Waals surface area contributed by atoms with Crippen molar-refractivity contribution < 1.29 is 24.2 Å². The molecule has 37 heavy (non-hydrogen) atoms. The first kappa shape index (κ1) is 25.0. The molecule has 11 nitrogen and oxygen atoms in total. The molecule has 0 radical (unpaired) electrons. The molecule has 3 aromatic rings. The molecule has 1 aromatic heterocycles. The second-order valence-electron chi connectivity index (χ2n) is 8.29. The molecule has 0 saturated carbocycles. The second-order valence-corrected chi connectivity index (χ2v) is 10.3. The number of nitrogens with two attached hydrogens (primary N) is 1. The lowest BCUT2D eigenvalue weighted by atomic mass is 10.0. The largest absolute Gasteiger partial charge is 0.477 e. The van der Waals surface area contributed by atoms with Gasteiger partial charge in [0.05, 0.1) is 0 Å². The summed E-state index contributed by atoms with van der Waals surface area (Å²) in [5.74, 6) is -1.48. The van der Waals surface area contributed by atoms with E-state index in [0.717, 1.165) is 11.1 Å². The number of benzene rings is 2. The van der Waals surface area contributed by atoms with E-state index in [4.69, 9.17) is 10.5 Å². The Morgan fingerprint density at radius 2 is 1.78 bits per heavy atom. The number of fused-ring (bicyclic) bond motifs is 1. The van der Waals surface area contributed by atoms with Crippen LogP contribution in [0.1, 0.15) is 17.2 Å². The molecule has 1 amide bonds. The molecule has 2 aromatic carbocycles. The van der Waals surface area contributed by atoms with Crippen LogP contribution in [0.25, 0.3) is 0 Å². The normalized spacial score (nSPS) is 19.0. The van der Waals surface area contributed by atoms with Crippen LogP contribution in [0.3, 0.4) is 0 Å². The summed E-state index contributed by atoms with van der Waals surface area (Å²) in [6.07, 6.45) is -0.599. The lowest BCUT2D eigenvalue weighted by molar-refractivity contribution is -0.148. The minimum atomic E-state index is -1.18. The Morgan fingerprint density at radius 3 is 2.41 bits per heavy atom. The van der Waals surface area contributed by atoms with Crippen molar-refractivity contribution in [3.63, 3.8) is 0 Å². The Bertz CT molecular complexity index is 1310. The zero-order valence-electron chi connectivity index (χ0n) is 19.3. The number of hydrogen-bond donors (Lipinski definition) is 2. The topological polar surface area (TPSA) is 154 Å². The summed E-state index contributed by atoms with van der Waals surface area (Å²) in [6.45, 7) is -0.230. The number of aliphatic carboxylic acids is 1. The standard InChI is InChI=1S/C24H22N6O5S2/c25-18-21(32)30-19(23(33)34)16(12-36-22(18)30)13-37-24-26-27-28-29(24)11-17(31)35-20(14-7-3-1-4-8-14)15-9-5-2-6-10-15/h1-10,18,20,22H,11-13,25H2,(H,33,34)/t18?,22-/m0/s1. The number of carboxylic acid groups (broad SMARTS) is 1. The Kier molecular flexibility index (Phi) is 7.26. The van der Waals surface area contributed by atoms with Gasteiger partial charge < -0.3 is 15.6 Å². The van der Waals surface area contributed by atoms with Crippen molar-refractivity contribution in [1.82, 2.24) is 25.1 Å². The first-order valence-electron chi connectivity index (χ1n) is 11.3. The molecule has 190 valence electrons. The molecule has 3 N–H and O–H groups in total. The summed E-state index contributed by atoms with van der Waals surface area (Å²) in [7, 11) is 0. The summed E-state index contributed by atoms with van der Waals surface area (Å²) in [5, 5.41) is 21.2. The number of thioether (sulfide) groups is 2. The third-order valence-electron chi connectivity index (χ3n) is 5.90. The fourth-order valence-corrected chi connectivity index (χ4v) is 6.43. The number of carbonyl (C=O) groups is 3. The molecule has 0 aliphatic carbocycles. The van der Waals surface area contributed by atoms with Crippen LogP contribution in [0.5, 0.6) is 0 Å². The molecule has 3 heterocycles. The van der Waals surface area contributed by atoms with E-state index >= 15 is 0 Å². The predicted molar refractivity (Wildman–Crippen MR) is 135 cm³/mol. The highest BCUT2D eigenvalue weighted by Crippen LogP contribution is 2.40. The Labute approximate surface area is 220 Å². The van der Waals surface area contributed by atoms with Gasteiger partial charge in [0.15, 0.2) is 6.10 Å². The summed E-state index contributed by atoms with van der Waals surface area (Å²) in [6, 6.07) is 18.1. The van der Waals surface area contributed by atoms with Crippen LogP contribution in [-0.2, 0) is 25.7 Å². The Hall–Kier alpha value is -3.68. The number of esters is 1. The molecule has 2 aliphatic rings. The molecule has 0 bridgehead atoms. The van der Waals surface area contributed by atoms with Crippen molar-refractivity contribution in [3.05, 3.63) is 83.1 Å². The summed E-state index contributed by atoms with van der Waals surface area (Å²) in [5.41, 5.74) is 7.97. The third-order valence-corrected chi connectivity index (χ3v) is 8.30. The number of carboxylic acids is 1. The first-order chi connectivity index (χ1) is 17.9. The third kappa shape index (κ3) is 5.10. The quantitative estimate of drug-likeness (QED) is 0.232. The highest BCUT2D eigenvalue weighted by Gasteiger charge is 2.51. The van der Waals surface area contributed by atoms with Gasteiger partial charge in [-0.1, -0.05) is 72.4 Å². The molecule has 1 unspecified atom stereocenters. The van der Waals surface area contributed by atoms with Gasteiger partial charge in [-0.25, -0.2) is 9.48 Å². The van der Waals surface area contributed by atoms with E-state index in [1.54, 1.807) is 0 Å². The van der Waals surface area contributed by atoms with Crippen molar-refractivity contribution in [2.75, 3.05) is 11.5 Å². The maximum absolute atomic E-state index is 12.9. The maximum atomic E-state index is 12.9. The fourth-order valence-electron chi connectivity index (χ4n) is 4.12. The molecule has 2 aliphatic heterocycles. The number of nitrogens with zero attached hydrogens (tertiary/aromatic N) is 5. The number of carbonyl (C=O) groups excluding carboxylic acids is 2. The van der Waals surface area contributed by atoms with Crippen molar-refractivity contribution in [2.45, 2.75) is 29.2 Å². The number of hydrogen-bond acceptors (Lipinski definition) is 10. The van der Waals surface area contributed by atoms with E-state index in [0.29, 0.717) is 16.5 Å². The molecule has 1 saturated heterocycles. The van der Waals surface area contributed by atoms with E-state index in [-0.39, 0.29) is 23.4 Å². The van der Waals surface area contributed by atoms with E-state index in [9.17, 15) is 19.5 Å². The van der Waals surface area contributed by atoms with Gasteiger partial charge in [-0.05, 0) is 27.1 Å². The maximum Gasteiger partial charge on any atom is 0.352 e. The van der Waals surface area contributed by atoms with Gasteiger partial charge in [0.1, 0.15) is 23.7 Å². The number of amides is 1. The monoisotopic (exact) mass is 538 g/mol. The van der Waals surface area contributed by atoms with Gasteiger partial charge >= 0.3 is 11.9 Å². The van der Waals surface area contributed by atoms with Crippen LogP contribution < -0.4 is 5.73 Å². The minimum absolute atomic E-state index is 0.0463. The van der Waals surface area contributed by atoms with Crippen LogP contribution >= 0.6 is 23.5 Å². The van der Waals surface area contributed by atoms with Gasteiger partial charge in [0, 0.05) is 11.5 Å². The fraction of sp³-hybridized carbons (Fsp3) is 0.250. The smallest absolute Gasteiger partial charge is 0.352 e. The molecule has 5 rings (SSSR count). The number of ether oxygens (including phenoxy) is 1. The minimum Gasteiger partial charge on any atom is -0.477 e. The summed E-state index contributed by atoms with van der Waals surface area (Å²) >= 11 is 2.60. The van der Waals surface area contributed by atoms with Crippen molar-refractivity contribution in [3.8, 4) is 0 Å². The summed E-state index contributed by atoms with van der Waals surface area (Å²) in [4.78, 5) is 38.2. The van der Waals surface area contributed by atoms with Crippen molar-refractivity contribution >= 4 is 41.4 Å². The van der Waals surface area contributed by atoms with Crippen LogP contribution in [0.2, 0.25) is 0 Å². The molecular weight excluding hydrogens is 516 g/mol. The van der Waals surface area contributed by atoms with Crippen molar-refractivity contribution in [2.24, 2.45) is 5.73 Å². The van der Waals surface area contributed by atoms with Gasteiger partial charge in [0.25, 0.3) is 0 Å². The van der Waals surface area contributed by atoms with Crippen molar-refractivity contribution in [1.29, 1.82) is 0 Å². The number of β-lactam (4-membered cyclic amide) rings is 1. The Morgan fingerprint density at radius 1 is 1.14 bits per heavy atom. The van der Waals surface area contributed by atoms with E-state index in [1.807, 2.05) is 60.7 Å².